The summed E-state index contributed by atoms with van der Waals surface area (Å²) in [5, 5.41) is 3.72. The zero-order chi connectivity index (χ0) is 24.5. The highest BCUT2D eigenvalue weighted by molar-refractivity contribution is 6.22. The number of fused-ring (bicyclic) bond motifs is 6. The summed E-state index contributed by atoms with van der Waals surface area (Å²) in [6, 6.07) is 16.0. The third-order valence-corrected chi connectivity index (χ3v) is 6.03. The molecule has 2 amide bonds. The molecule has 174 valence electrons. The number of carbonyl (C=O) groups excluding carboxylic acids is 2. The first-order chi connectivity index (χ1) is 17.7. The smallest absolute Gasteiger partial charge is 0.258 e. The predicted octanol–water partition coefficient (Wildman–Crippen LogP) is 4.09. The highest BCUT2D eigenvalue weighted by Crippen LogP contribution is 2.38. The molecule has 0 unspecified atom stereocenters. The fourth-order valence-corrected chi connectivity index (χ4v) is 4.06. The van der Waals surface area contributed by atoms with Crippen molar-refractivity contribution in [2.75, 3.05) is 0 Å². The Morgan fingerprint density at radius 1 is 0.694 bits per heavy atom. The lowest BCUT2D eigenvalue weighted by molar-refractivity contribution is 0.0879. The molecule has 8 nitrogen and oxygen atoms in total. The number of aromatic nitrogens is 5. The van der Waals surface area contributed by atoms with Crippen LogP contribution >= 0.6 is 0 Å². The van der Waals surface area contributed by atoms with Crippen LogP contribution in [0.15, 0.2) is 85.6 Å². The average molecular weight is 473 g/mol. The van der Waals surface area contributed by atoms with Crippen molar-refractivity contribution in [1.82, 2.24) is 30.2 Å². The Hall–Kier alpha value is -4.98. The van der Waals surface area contributed by atoms with Crippen LogP contribution in [-0.2, 0) is 12.8 Å². The lowest BCUT2D eigenvalue weighted by Gasteiger charge is -1.95. The van der Waals surface area contributed by atoms with E-state index in [0.717, 1.165) is 18.5 Å². The number of imide groups is 1. The molecule has 0 saturated heterocycles. The van der Waals surface area contributed by atoms with E-state index >= 15 is 0 Å². The van der Waals surface area contributed by atoms with Gasteiger partial charge in [-0.3, -0.25) is 19.9 Å². The molecule has 2 aliphatic carbocycles. The summed E-state index contributed by atoms with van der Waals surface area (Å²) in [4.78, 5) is 46.4. The standard InChI is InChI=1S/C28H20N6O2/c35-27-22-12-17-6-4-10-31-25(17)30-9-3-1-2-8-29-16-19-14-20(19)21-15-24(21)33-26-18(7-5-11-32-26)13-23(22)28(36)34-27/h1-13,16H,14-15H2,(H,32,33)(H,34,35,36). The molecular weight excluding hydrogens is 452 g/mol. The number of nitrogens with one attached hydrogen (secondary N) is 2. The fraction of sp³-hybridized carbons (Fsp3) is 0.0714. The van der Waals surface area contributed by atoms with E-state index in [0.29, 0.717) is 22.1 Å². The molecule has 0 fully saturated rings. The number of pyridine rings is 2. The fourth-order valence-electron chi connectivity index (χ4n) is 4.06. The van der Waals surface area contributed by atoms with E-state index in [-0.39, 0.29) is 11.1 Å². The van der Waals surface area contributed by atoms with E-state index < -0.39 is 11.8 Å². The molecule has 0 atom stereocenters. The van der Waals surface area contributed by atoms with E-state index in [4.69, 9.17) is 0 Å². The van der Waals surface area contributed by atoms with Gasteiger partial charge >= 0.3 is 0 Å². The Bertz CT molecular complexity index is 1720. The van der Waals surface area contributed by atoms with Crippen molar-refractivity contribution in [3.8, 4) is 0 Å². The SMILES string of the molecule is O=C1NC(=O)c2cc3cccnc3[nH]c3c(c4c(cncccccnc5ncccc5cc21)C4)C3. The summed E-state index contributed by atoms with van der Waals surface area (Å²) in [6.07, 6.45) is 10.4. The zero-order valence-electron chi connectivity index (χ0n) is 19.1. The highest BCUT2D eigenvalue weighted by Gasteiger charge is 2.29. The van der Waals surface area contributed by atoms with Crippen LogP contribution in [0.25, 0.3) is 22.1 Å². The van der Waals surface area contributed by atoms with Gasteiger partial charge in [-0.15, -0.1) is 0 Å². The van der Waals surface area contributed by atoms with Gasteiger partial charge in [-0.2, -0.15) is 0 Å². The minimum Gasteiger partial charge on any atom is -0.343 e. The number of nitrogens with zero attached hydrogens (tertiary/aromatic N) is 4. The maximum atomic E-state index is 12.7. The summed E-state index contributed by atoms with van der Waals surface area (Å²) in [7, 11) is 0. The van der Waals surface area contributed by atoms with Gasteiger partial charge in [0.25, 0.3) is 11.8 Å². The molecule has 0 aromatic carbocycles. The number of carbonyl (C=O) groups is 2. The Balaban J connectivity index is 1.67. The van der Waals surface area contributed by atoms with E-state index in [2.05, 4.69) is 30.2 Å². The van der Waals surface area contributed by atoms with Crippen molar-refractivity contribution < 1.29 is 9.59 Å². The van der Waals surface area contributed by atoms with Crippen molar-refractivity contribution in [3.63, 3.8) is 0 Å². The summed E-state index contributed by atoms with van der Waals surface area (Å²) >= 11 is 0. The molecule has 1 aliphatic heterocycles. The van der Waals surface area contributed by atoms with Crippen LogP contribution in [0.2, 0.25) is 0 Å². The number of rotatable bonds is 0. The van der Waals surface area contributed by atoms with Gasteiger partial charge in [0.1, 0.15) is 5.65 Å². The number of H-pyrrole nitrogens is 1. The van der Waals surface area contributed by atoms with Crippen LogP contribution in [-0.4, -0.2) is 36.7 Å². The Morgan fingerprint density at radius 2 is 1.39 bits per heavy atom. The Labute approximate surface area is 205 Å². The number of hydrogen-bond donors (Lipinski definition) is 2. The van der Waals surface area contributed by atoms with Gasteiger partial charge in [-0.25, -0.2) is 15.0 Å². The average Bonchev–Trinajstić information content (AvgIpc) is 3.79. The van der Waals surface area contributed by atoms with Crippen molar-refractivity contribution in [1.29, 1.82) is 0 Å². The topological polar surface area (TPSA) is 114 Å². The molecule has 8 heteroatoms. The Morgan fingerprint density at radius 3 is 2.22 bits per heavy atom. The monoisotopic (exact) mass is 472 g/mol. The molecule has 3 aromatic heterocycles. The lowest BCUT2D eigenvalue weighted by atomic mass is 10.1. The van der Waals surface area contributed by atoms with E-state index in [1.54, 1.807) is 61.2 Å². The molecule has 0 bridgehead atoms. The highest BCUT2D eigenvalue weighted by atomic mass is 16.2. The summed E-state index contributed by atoms with van der Waals surface area (Å²) in [5.74, 6) is -0.922. The summed E-state index contributed by atoms with van der Waals surface area (Å²) in [5.41, 5.74) is 6.50. The number of hydrogen-bond acceptors (Lipinski definition) is 6. The molecule has 0 saturated carbocycles. The molecule has 2 N–H and O–H groups in total. The molecule has 3 aliphatic rings. The van der Waals surface area contributed by atoms with Gasteiger partial charge in [0, 0.05) is 53.9 Å². The first kappa shape index (κ1) is 21.5. The zero-order valence-corrected chi connectivity index (χ0v) is 19.1. The second-order valence-electron chi connectivity index (χ2n) is 8.48. The predicted molar refractivity (Wildman–Crippen MR) is 135 cm³/mol. The minimum atomic E-state index is -0.466. The van der Waals surface area contributed by atoms with Crippen molar-refractivity contribution in [3.05, 3.63) is 119 Å². The molecule has 4 heterocycles. The van der Waals surface area contributed by atoms with Gasteiger partial charge in [0.2, 0.25) is 0 Å². The normalized spacial score (nSPS) is 13.1. The van der Waals surface area contributed by atoms with Crippen LogP contribution in [0, 0.1) is 0 Å². The van der Waals surface area contributed by atoms with Gasteiger partial charge in [0.05, 0.1) is 11.1 Å². The minimum absolute atomic E-state index is 0.250. The molecule has 6 rings (SSSR count). The van der Waals surface area contributed by atoms with Gasteiger partial charge < -0.3 is 4.98 Å². The van der Waals surface area contributed by atoms with Crippen LogP contribution in [0.5, 0.6) is 0 Å². The summed E-state index contributed by atoms with van der Waals surface area (Å²) < 4.78 is 0. The molecular formula is C28H20N6O2. The van der Waals surface area contributed by atoms with Crippen molar-refractivity contribution in [2.45, 2.75) is 12.8 Å². The lowest BCUT2D eigenvalue weighted by Crippen LogP contribution is -2.20. The molecule has 36 heavy (non-hydrogen) atoms. The first-order valence-corrected chi connectivity index (χ1v) is 11.5. The van der Waals surface area contributed by atoms with E-state index in [9.17, 15) is 9.59 Å². The summed E-state index contributed by atoms with van der Waals surface area (Å²) in [6.45, 7) is 0. The maximum Gasteiger partial charge on any atom is 0.258 e. The van der Waals surface area contributed by atoms with E-state index in [1.807, 2.05) is 24.4 Å². The van der Waals surface area contributed by atoms with E-state index in [1.165, 1.54) is 16.7 Å². The second-order valence-corrected chi connectivity index (χ2v) is 8.48. The molecule has 0 radical (unpaired) electrons. The first-order valence-electron chi connectivity index (χ1n) is 11.5. The third-order valence-electron chi connectivity index (χ3n) is 6.03. The van der Waals surface area contributed by atoms with Gasteiger partial charge in [-0.1, -0.05) is 6.07 Å². The van der Waals surface area contributed by atoms with Gasteiger partial charge in [-0.05, 0) is 71.6 Å². The number of amides is 2. The van der Waals surface area contributed by atoms with Crippen LogP contribution in [0.3, 0.4) is 0 Å². The van der Waals surface area contributed by atoms with Crippen LogP contribution < -0.4 is 5.32 Å². The molecule has 0 spiro atoms. The van der Waals surface area contributed by atoms with Crippen LogP contribution in [0.4, 0.5) is 0 Å². The third kappa shape index (κ3) is 4.39. The quantitative estimate of drug-likeness (QED) is 0.328. The second kappa shape index (κ2) is 8.99. The van der Waals surface area contributed by atoms with Crippen molar-refractivity contribution in [2.24, 2.45) is 0 Å². The number of aromatic amines is 1. The largest absolute Gasteiger partial charge is 0.343 e. The van der Waals surface area contributed by atoms with Crippen LogP contribution in [0.1, 0.15) is 43.1 Å². The molecule has 3 aromatic rings. The maximum absolute atomic E-state index is 12.7. The van der Waals surface area contributed by atoms with Crippen molar-refractivity contribution >= 4 is 33.9 Å². The Kier molecular flexibility index (Phi) is 5.38. The van der Waals surface area contributed by atoms with Gasteiger partial charge in [0.15, 0.2) is 5.65 Å².